The second-order valence-corrected chi connectivity index (χ2v) is 7.95. The lowest BCUT2D eigenvalue weighted by Gasteiger charge is -2.26. The molecule has 0 bridgehead atoms. The molecule has 0 saturated heterocycles. The third kappa shape index (κ3) is 6.03. The number of carboxylic acid groups (broad SMARTS) is 1. The van der Waals surface area contributed by atoms with Gasteiger partial charge in [0.25, 0.3) is 0 Å². The van der Waals surface area contributed by atoms with Crippen LogP contribution in [-0.4, -0.2) is 34.2 Å². The highest BCUT2D eigenvalue weighted by Gasteiger charge is 2.30. The van der Waals surface area contributed by atoms with Crippen LogP contribution in [0.1, 0.15) is 35.6 Å². The van der Waals surface area contributed by atoms with Crippen molar-refractivity contribution < 1.29 is 27.8 Å². The number of ether oxygens (including phenoxy) is 1. The second-order valence-electron chi connectivity index (χ2n) is 7.95. The molecular formula is C25H26F3N3O3. The van der Waals surface area contributed by atoms with Gasteiger partial charge in [0.1, 0.15) is 17.9 Å². The number of carbonyl (C=O) groups is 1. The summed E-state index contributed by atoms with van der Waals surface area (Å²) in [5.74, 6) is 0.173. The van der Waals surface area contributed by atoms with Crippen LogP contribution in [0, 0.1) is 13.8 Å². The summed E-state index contributed by atoms with van der Waals surface area (Å²) in [6.07, 6.45) is -2.11. The summed E-state index contributed by atoms with van der Waals surface area (Å²) < 4.78 is 44.1. The maximum Gasteiger partial charge on any atom is 0.416 e. The van der Waals surface area contributed by atoms with Gasteiger partial charge < -0.3 is 14.7 Å². The fourth-order valence-electron chi connectivity index (χ4n) is 3.73. The number of halogens is 3. The average molecular weight is 473 g/mol. The number of aromatic nitrogens is 2. The Morgan fingerprint density at radius 1 is 1.09 bits per heavy atom. The molecule has 0 aliphatic carbocycles. The summed E-state index contributed by atoms with van der Waals surface area (Å²) in [5, 5.41) is 8.81. The van der Waals surface area contributed by atoms with E-state index >= 15 is 0 Å². The first-order chi connectivity index (χ1) is 16.1. The van der Waals surface area contributed by atoms with Crippen molar-refractivity contribution in [1.82, 2.24) is 9.97 Å². The number of rotatable bonds is 9. The normalized spacial score (nSPS) is 11.4. The van der Waals surface area contributed by atoms with E-state index in [0.717, 1.165) is 35.2 Å². The third-order valence-corrected chi connectivity index (χ3v) is 5.30. The van der Waals surface area contributed by atoms with Crippen LogP contribution in [0.4, 0.5) is 19.0 Å². The predicted octanol–water partition coefficient (Wildman–Crippen LogP) is 5.66. The topological polar surface area (TPSA) is 75.5 Å². The quantitative estimate of drug-likeness (QED) is 0.432. The van der Waals surface area contributed by atoms with Gasteiger partial charge in [-0.1, -0.05) is 31.2 Å². The second kappa shape index (κ2) is 10.5. The third-order valence-electron chi connectivity index (χ3n) is 5.30. The lowest BCUT2D eigenvalue weighted by atomic mass is 10.0. The Kier molecular flexibility index (Phi) is 7.75. The summed E-state index contributed by atoms with van der Waals surface area (Å²) >= 11 is 0. The van der Waals surface area contributed by atoms with E-state index in [-0.39, 0.29) is 0 Å². The van der Waals surface area contributed by atoms with Crippen molar-refractivity contribution in [2.75, 3.05) is 18.1 Å². The van der Waals surface area contributed by atoms with Gasteiger partial charge in [-0.3, -0.25) is 0 Å². The van der Waals surface area contributed by atoms with E-state index in [1.54, 1.807) is 6.07 Å². The molecule has 9 heteroatoms. The molecule has 0 amide bonds. The van der Waals surface area contributed by atoms with Crippen LogP contribution in [0.2, 0.25) is 0 Å². The molecule has 1 heterocycles. The fourth-order valence-corrected chi connectivity index (χ4v) is 3.73. The molecule has 1 aromatic heterocycles. The zero-order chi connectivity index (χ0) is 24.9. The van der Waals surface area contributed by atoms with Gasteiger partial charge >= 0.3 is 12.1 Å². The van der Waals surface area contributed by atoms with E-state index in [9.17, 15) is 18.0 Å². The Labute approximate surface area is 196 Å². The monoisotopic (exact) mass is 473 g/mol. The zero-order valence-electron chi connectivity index (χ0n) is 19.2. The number of nitrogens with zero attached hydrogens (tertiary/aromatic N) is 3. The molecule has 0 aliphatic rings. The van der Waals surface area contributed by atoms with Gasteiger partial charge in [0.2, 0.25) is 0 Å². The first-order valence-corrected chi connectivity index (χ1v) is 10.8. The minimum atomic E-state index is -4.39. The number of anilines is 1. The van der Waals surface area contributed by atoms with Gasteiger partial charge in [-0.05, 0) is 49.6 Å². The molecule has 2 aromatic carbocycles. The first kappa shape index (κ1) is 25.0. The van der Waals surface area contributed by atoms with Crippen LogP contribution >= 0.6 is 0 Å². The molecule has 6 nitrogen and oxygen atoms in total. The van der Waals surface area contributed by atoms with Crippen molar-refractivity contribution in [2.24, 2.45) is 0 Å². The van der Waals surface area contributed by atoms with Crippen molar-refractivity contribution in [1.29, 1.82) is 0 Å². The van der Waals surface area contributed by atoms with E-state index < -0.39 is 24.3 Å². The Hall–Kier alpha value is -3.62. The van der Waals surface area contributed by atoms with Crippen molar-refractivity contribution >= 4 is 11.8 Å². The standard InChI is InChI=1S/C25H26F3N3O3/c1-4-11-31(13-18-5-10-21(16(2)12-18)34-14-22(32)33)24-17(3)23(29-15-30-24)19-6-8-20(9-7-19)25(26,27)28/h5-10,12,15H,4,11,13-14H2,1-3H3,(H,32,33). The van der Waals surface area contributed by atoms with Crippen LogP contribution in [0.25, 0.3) is 11.3 Å². The molecule has 0 radical (unpaired) electrons. The summed E-state index contributed by atoms with van der Waals surface area (Å²) in [4.78, 5) is 21.6. The maximum atomic E-state index is 12.9. The molecule has 0 unspecified atom stereocenters. The summed E-state index contributed by atoms with van der Waals surface area (Å²) in [7, 11) is 0. The Morgan fingerprint density at radius 3 is 2.38 bits per heavy atom. The average Bonchev–Trinajstić information content (AvgIpc) is 2.78. The lowest BCUT2D eigenvalue weighted by Crippen LogP contribution is -2.25. The molecule has 0 atom stereocenters. The first-order valence-electron chi connectivity index (χ1n) is 10.8. The molecule has 3 rings (SSSR count). The van der Waals surface area contributed by atoms with Gasteiger partial charge in [-0.15, -0.1) is 0 Å². The Morgan fingerprint density at radius 2 is 1.79 bits per heavy atom. The van der Waals surface area contributed by atoms with Crippen LogP contribution < -0.4 is 9.64 Å². The lowest BCUT2D eigenvalue weighted by molar-refractivity contribution is -0.139. The van der Waals surface area contributed by atoms with E-state index in [1.165, 1.54) is 18.5 Å². The van der Waals surface area contributed by atoms with Crippen molar-refractivity contribution in [3.63, 3.8) is 0 Å². The molecule has 1 N–H and O–H groups in total. The van der Waals surface area contributed by atoms with Gasteiger partial charge in [0.05, 0.1) is 11.3 Å². The number of benzene rings is 2. The van der Waals surface area contributed by atoms with Crippen molar-refractivity contribution in [3.05, 3.63) is 71.0 Å². The smallest absolute Gasteiger partial charge is 0.416 e. The molecule has 34 heavy (non-hydrogen) atoms. The molecular weight excluding hydrogens is 447 g/mol. The van der Waals surface area contributed by atoms with Gasteiger partial charge in [0.15, 0.2) is 6.61 Å². The van der Waals surface area contributed by atoms with Crippen LogP contribution in [-0.2, 0) is 17.5 Å². The predicted molar refractivity (Wildman–Crippen MR) is 123 cm³/mol. The highest BCUT2D eigenvalue weighted by atomic mass is 19.4. The molecule has 0 fully saturated rings. The number of hydrogen-bond acceptors (Lipinski definition) is 5. The highest BCUT2D eigenvalue weighted by molar-refractivity contribution is 5.69. The minimum absolute atomic E-state index is 0.408. The van der Waals surface area contributed by atoms with Gasteiger partial charge in [0, 0.05) is 24.2 Å². The minimum Gasteiger partial charge on any atom is -0.482 e. The largest absolute Gasteiger partial charge is 0.482 e. The van der Waals surface area contributed by atoms with E-state index in [1.807, 2.05) is 32.9 Å². The Balaban J connectivity index is 1.88. The summed E-state index contributed by atoms with van der Waals surface area (Å²) in [6, 6.07) is 10.5. The fraction of sp³-hybridized carbons (Fsp3) is 0.320. The molecule has 3 aromatic rings. The summed E-state index contributed by atoms with van der Waals surface area (Å²) in [5.41, 5.74) is 3.04. The summed E-state index contributed by atoms with van der Waals surface area (Å²) in [6.45, 7) is 6.60. The Bertz CT molecular complexity index is 1150. The number of aliphatic carboxylic acids is 1. The van der Waals surface area contributed by atoms with Crippen LogP contribution in [0.15, 0.2) is 48.8 Å². The number of hydrogen-bond donors (Lipinski definition) is 1. The van der Waals surface area contributed by atoms with E-state index in [0.29, 0.717) is 35.9 Å². The molecule has 0 saturated carbocycles. The zero-order valence-corrected chi connectivity index (χ0v) is 19.2. The number of aryl methyl sites for hydroxylation is 1. The maximum absolute atomic E-state index is 12.9. The van der Waals surface area contributed by atoms with E-state index in [4.69, 9.17) is 9.84 Å². The molecule has 180 valence electrons. The molecule has 0 aliphatic heterocycles. The van der Waals surface area contributed by atoms with Gasteiger partial charge in [-0.2, -0.15) is 13.2 Å². The van der Waals surface area contributed by atoms with Crippen LogP contribution in [0.3, 0.4) is 0 Å². The highest BCUT2D eigenvalue weighted by Crippen LogP contribution is 2.33. The van der Waals surface area contributed by atoms with E-state index in [2.05, 4.69) is 14.9 Å². The van der Waals surface area contributed by atoms with Gasteiger partial charge in [-0.25, -0.2) is 14.8 Å². The SMILES string of the molecule is CCCN(Cc1ccc(OCC(=O)O)c(C)c1)c1ncnc(-c2ccc(C(F)(F)F)cc2)c1C. The van der Waals surface area contributed by atoms with Crippen LogP contribution in [0.5, 0.6) is 5.75 Å². The number of carboxylic acids is 1. The number of alkyl halides is 3. The van der Waals surface area contributed by atoms with Crippen molar-refractivity contribution in [3.8, 4) is 17.0 Å². The van der Waals surface area contributed by atoms with Crippen molar-refractivity contribution in [2.45, 2.75) is 39.9 Å². The molecule has 0 spiro atoms.